The van der Waals surface area contributed by atoms with Gasteiger partial charge in [-0.05, 0) is 20.8 Å². The highest BCUT2D eigenvalue weighted by molar-refractivity contribution is 5.79. The Morgan fingerprint density at radius 3 is 2.40 bits per heavy atom. The second kappa shape index (κ2) is 8.26. The minimum absolute atomic E-state index is 0.000438. The molecule has 0 spiro atoms. The highest BCUT2D eigenvalue weighted by atomic mass is 18.2. The molecule has 9 heteroatoms. The second-order valence-electron chi connectivity index (χ2n) is 7.52. The number of hydrogen-bond acceptors (Lipinski definition) is 7. The molecule has 8 nitrogen and oxygen atoms in total. The van der Waals surface area contributed by atoms with Crippen LogP contribution >= 0.6 is 0 Å². The second-order valence-corrected chi connectivity index (χ2v) is 7.52. The van der Waals surface area contributed by atoms with Gasteiger partial charge in [0.05, 0.1) is 12.2 Å². The van der Waals surface area contributed by atoms with Gasteiger partial charge in [0.2, 0.25) is 0 Å². The average molecular weight is 356 g/mol. The Hall–Kier alpha value is -2.19. The highest BCUT2D eigenvalue weighted by Crippen LogP contribution is 2.14. The van der Waals surface area contributed by atoms with Crippen LogP contribution in [0.1, 0.15) is 47.2 Å². The van der Waals surface area contributed by atoms with Gasteiger partial charge >= 0.3 is 5.97 Å². The van der Waals surface area contributed by atoms with Gasteiger partial charge in [-0.25, -0.2) is 13.9 Å². The number of ether oxygens (including phenoxy) is 2. The van der Waals surface area contributed by atoms with E-state index < -0.39 is 36.0 Å². The van der Waals surface area contributed by atoms with E-state index in [0.717, 1.165) is 0 Å². The Bertz CT molecular complexity index is 602. The maximum atomic E-state index is 12.4. The van der Waals surface area contributed by atoms with Crippen molar-refractivity contribution < 1.29 is 23.8 Å². The predicted octanol–water partition coefficient (Wildman–Crippen LogP) is 1.03. The number of nitrogens with zero attached hydrogens (tertiary/aromatic N) is 4. The fraction of sp³-hybridized carbons (Fsp3) is 0.750. The van der Waals surface area contributed by atoms with E-state index >= 15 is 0 Å². The fourth-order valence-electron chi connectivity index (χ4n) is 1.79. The molecule has 0 bridgehead atoms. The summed E-state index contributed by atoms with van der Waals surface area (Å²) in [5.74, 6) is -0.668. The van der Waals surface area contributed by atoms with Gasteiger partial charge in [0.1, 0.15) is 18.4 Å². The predicted molar refractivity (Wildman–Crippen MR) is 87.6 cm³/mol. The van der Waals surface area contributed by atoms with Crippen molar-refractivity contribution >= 4 is 12.1 Å². The van der Waals surface area contributed by atoms with E-state index in [1.807, 2.05) is 0 Å². The van der Waals surface area contributed by atoms with Crippen LogP contribution in [0.25, 0.3) is 0 Å². The largest absolute Gasteiger partial charge is 0.595 e. The third kappa shape index (κ3) is 8.46. The quantitative estimate of drug-likeness (QED) is 0.429. The van der Waals surface area contributed by atoms with Crippen molar-refractivity contribution in [2.24, 2.45) is 4.99 Å². The zero-order chi connectivity index (χ0) is 19.3. The summed E-state index contributed by atoms with van der Waals surface area (Å²) >= 11 is 0. The maximum absolute atomic E-state index is 12.4. The molecule has 1 heterocycles. The topological polar surface area (TPSA) is 102 Å². The summed E-state index contributed by atoms with van der Waals surface area (Å²) in [5, 5.41) is 19.6. The Morgan fingerprint density at radius 1 is 1.28 bits per heavy atom. The lowest BCUT2D eigenvalue weighted by Gasteiger charge is -2.30. The number of hydrogen-bond donors (Lipinski definition) is 0. The zero-order valence-corrected chi connectivity index (χ0v) is 15.6. The number of aliphatic imine (C=N–C) groups is 1. The van der Waals surface area contributed by atoms with E-state index in [0.29, 0.717) is 5.69 Å². The van der Waals surface area contributed by atoms with Crippen LogP contribution in [-0.4, -0.2) is 51.0 Å². The van der Waals surface area contributed by atoms with Crippen LogP contribution in [0.3, 0.4) is 0 Å². The van der Waals surface area contributed by atoms with Crippen molar-refractivity contribution in [1.29, 1.82) is 0 Å². The Morgan fingerprint density at radius 2 is 1.88 bits per heavy atom. The summed E-state index contributed by atoms with van der Waals surface area (Å²) in [5.41, 5.74) is -1.06. The summed E-state index contributed by atoms with van der Waals surface area (Å²) in [6, 6.07) is -1.12. The minimum Gasteiger partial charge on any atom is -0.595 e. The molecule has 0 radical (unpaired) electrons. The van der Waals surface area contributed by atoms with E-state index in [9.17, 15) is 14.3 Å². The number of carbonyl (C=O) groups is 1. The average Bonchev–Trinajstić information content (AvgIpc) is 2.81. The van der Waals surface area contributed by atoms with Gasteiger partial charge in [-0.2, -0.15) is 0 Å². The monoisotopic (exact) mass is 356 g/mol. The first-order valence-electron chi connectivity index (χ1n) is 8.01. The third-order valence-corrected chi connectivity index (χ3v) is 2.64. The van der Waals surface area contributed by atoms with Crippen molar-refractivity contribution in [2.75, 3.05) is 6.67 Å². The van der Waals surface area contributed by atoms with Crippen molar-refractivity contribution in [3.63, 3.8) is 0 Å². The molecule has 0 N–H and O–H groups in total. The van der Waals surface area contributed by atoms with Crippen molar-refractivity contribution in [3.05, 3.63) is 11.9 Å². The molecule has 1 rings (SSSR count). The van der Waals surface area contributed by atoms with Crippen LogP contribution in [0.2, 0.25) is 0 Å². The smallest absolute Gasteiger partial charge is 0.331 e. The summed E-state index contributed by atoms with van der Waals surface area (Å²) < 4.78 is 24.1. The first-order chi connectivity index (χ1) is 11.4. The SMILES string of the molecule is CC(C)(C)OC(=O)C(Cc1cn(CC[18F])nn1)N=C([O-])OC(C)(C)C. The number of aryl methyl sites for hydroxylation is 1. The molecule has 0 saturated carbocycles. The fourth-order valence-corrected chi connectivity index (χ4v) is 1.79. The molecule has 142 valence electrons. The van der Waals surface area contributed by atoms with E-state index in [-0.39, 0.29) is 13.0 Å². The Labute approximate surface area is 147 Å². The molecule has 1 aromatic heterocycles. The molecule has 0 saturated heterocycles. The summed E-state index contributed by atoms with van der Waals surface area (Å²) in [4.78, 5) is 16.2. The van der Waals surface area contributed by atoms with Crippen LogP contribution < -0.4 is 5.11 Å². The number of alkyl halides is 1. The van der Waals surface area contributed by atoms with Gasteiger partial charge in [-0.1, -0.05) is 26.0 Å². The molecule has 0 aliphatic carbocycles. The zero-order valence-electron chi connectivity index (χ0n) is 15.6. The van der Waals surface area contributed by atoms with Gasteiger partial charge in [0.25, 0.3) is 0 Å². The third-order valence-electron chi connectivity index (χ3n) is 2.64. The molecular weight excluding hydrogens is 330 g/mol. The number of aromatic nitrogens is 3. The van der Waals surface area contributed by atoms with E-state index in [2.05, 4.69) is 15.3 Å². The lowest BCUT2D eigenvalue weighted by atomic mass is 10.1. The molecule has 1 aromatic rings. The number of halogens is 1. The Balaban J connectivity index is 2.97. The highest BCUT2D eigenvalue weighted by Gasteiger charge is 2.26. The van der Waals surface area contributed by atoms with Gasteiger partial charge in [-0.15, -0.1) is 5.10 Å². The normalized spacial score (nSPS) is 14.3. The molecule has 0 amide bonds. The van der Waals surface area contributed by atoms with Crippen molar-refractivity contribution in [1.82, 2.24) is 15.0 Å². The van der Waals surface area contributed by atoms with Crippen LogP contribution in [0.15, 0.2) is 11.2 Å². The maximum Gasteiger partial charge on any atom is 0.331 e. The van der Waals surface area contributed by atoms with Gasteiger partial charge in [0.15, 0.2) is 6.04 Å². The molecule has 1 unspecified atom stereocenters. The van der Waals surface area contributed by atoms with Gasteiger partial charge in [-0.3, -0.25) is 4.99 Å². The lowest BCUT2D eigenvalue weighted by Crippen LogP contribution is -2.37. The molecule has 1 atom stereocenters. The van der Waals surface area contributed by atoms with Gasteiger partial charge < -0.3 is 14.6 Å². The van der Waals surface area contributed by atoms with Crippen molar-refractivity contribution in [2.45, 2.75) is 71.8 Å². The molecular formula is C16H26FN4O4-. The minimum atomic E-state index is -1.12. The molecule has 0 aliphatic heterocycles. The van der Waals surface area contributed by atoms with E-state index in [1.54, 1.807) is 41.5 Å². The molecule has 0 aromatic carbocycles. The first-order valence-corrected chi connectivity index (χ1v) is 8.01. The number of carbonyl (C=O) groups excluding carboxylic acids is 1. The summed E-state index contributed by atoms with van der Waals surface area (Å²) in [6.45, 7) is 9.73. The summed E-state index contributed by atoms with van der Waals surface area (Å²) in [7, 11) is 0. The van der Waals surface area contributed by atoms with Crippen LogP contribution in [0, 0.1) is 0 Å². The van der Waals surface area contributed by atoms with Gasteiger partial charge in [0, 0.05) is 18.2 Å². The van der Waals surface area contributed by atoms with Crippen LogP contribution in [-0.2, 0) is 27.2 Å². The molecule has 0 aliphatic rings. The number of rotatable bonds is 6. The van der Waals surface area contributed by atoms with E-state index in [1.165, 1.54) is 10.9 Å². The summed E-state index contributed by atoms with van der Waals surface area (Å²) in [6.07, 6.45) is 0.640. The molecule has 25 heavy (non-hydrogen) atoms. The van der Waals surface area contributed by atoms with Crippen molar-refractivity contribution in [3.8, 4) is 0 Å². The number of esters is 1. The van der Waals surface area contributed by atoms with Crippen LogP contribution in [0.4, 0.5) is 4.39 Å². The van der Waals surface area contributed by atoms with Crippen LogP contribution in [0.5, 0.6) is 0 Å². The molecule has 0 fully saturated rings. The Kier molecular flexibility index (Phi) is 6.89. The van der Waals surface area contributed by atoms with E-state index in [4.69, 9.17) is 9.47 Å². The lowest BCUT2D eigenvalue weighted by molar-refractivity contribution is -0.261. The standard InChI is InChI=1S/C16H27FN4O4/c1-15(2,3)24-13(22)12(18-14(23)25-16(4,5)6)9-11-10-21(8-7-17)20-19-11/h10,12H,7-9H2,1-6H3,(H,18,23)/p-1/i17-1. The first kappa shape index (κ1) is 20.9.